The number of carbonyl (C=O) groups excluding carboxylic acids is 1. The van der Waals surface area contributed by atoms with Crippen LogP contribution in [0, 0.1) is 0 Å². The molecular formula is C25H29ClN2O. The van der Waals surface area contributed by atoms with Gasteiger partial charge in [0.25, 0.3) is 0 Å². The van der Waals surface area contributed by atoms with E-state index in [2.05, 4.69) is 64.4 Å². The lowest BCUT2D eigenvalue weighted by Crippen LogP contribution is -2.50. The molecule has 1 unspecified atom stereocenters. The summed E-state index contributed by atoms with van der Waals surface area (Å²) in [5, 5.41) is 0. The van der Waals surface area contributed by atoms with Crippen molar-refractivity contribution in [2.45, 2.75) is 18.4 Å². The molecule has 2 aromatic rings. The Hall–Kier alpha value is -2.20. The Bertz CT molecular complexity index is 842. The molecule has 0 spiro atoms. The van der Waals surface area contributed by atoms with E-state index in [1.807, 2.05) is 30.4 Å². The first-order valence-electron chi connectivity index (χ1n) is 10.2. The third-order valence-corrected chi connectivity index (χ3v) is 5.94. The van der Waals surface area contributed by atoms with Crippen molar-refractivity contribution in [1.82, 2.24) is 9.80 Å². The molecule has 1 aliphatic heterocycles. The van der Waals surface area contributed by atoms with E-state index in [1.54, 1.807) is 0 Å². The summed E-state index contributed by atoms with van der Waals surface area (Å²) in [5.74, 6) is 0.302. The summed E-state index contributed by atoms with van der Waals surface area (Å²) >= 11 is 0. The molecule has 3 nitrogen and oxygen atoms in total. The molecule has 152 valence electrons. The third-order valence-electron chi connectivity index (χ3n) is 5.94. The van der Waals surface area contributed by atoms with Crippen LogP contribution in [0.25, 0.3) is 0 Å². The quantitative estimate of drug-likeness (QED) is 0.713. The number of nitrogens with zero attached hydrogens (tertiary/aromatic N) is 2. The molecule has 1 aliphatic carbocycles. The highest BCUT2D eigenvalue weighted by molar-refractivity contribution is 5.94. The van der Waals surface area contributed by atoms with Gasteiger partial charge in [0.1, 0.15) is 0 Å². The molecule has 2 aliphatic rings. The average Bonchev–Trinajstić information content (AvgIpc) is 2.77. The molecule has 0 aromatic heterocycles. The Kier molecular flexibility index (Phi) is 7.43. The minimum absolute atomic E-state index is 0. The molecule has 0 bridgehead atoms. The highest BCUT2D eigenvalue weighted by atomic mass is 35.5. The second-order valence-electron chi connectivity index (χ2n) is 7.79. The molecule has 29 heavy (non-hydrogen) atoms. The fourth-order valence-electron chi connectivity index (χ4n) is 4.23. The SMILES string of the molecule is Cl.O=C(CN1CCN(Cc2ccccc2)CC1)C1(c2ccccc2)C=CC=CC1. The summed E-state index contributed by atoms with van der Waals surface area (Å²) in [4.78, 5) is 18.2. The summed E-state index contributed by atoms with van der Waals surface area (Å²) in [7, 11) is 0. The number of halogens is 1. The number of Topliss-reactive ketones (excluding diaryl/α,β-unsaturated/α-hetero) is 1. The number of carbonyl (C=O) groups is 1. The van der Waals surface area contributed by atoms with Crippen LogP contribution in [-0.4, -0.2) is 48.3 Å². The number of hydrogen-bond acceptors (Lipinski definition) is 3. The van der Waals surface area contributed by atoms with E-state index in [1.165, 1.54) is 5.56 Å². The Morgan fingerprint density at radius 3 is 2.07 bits per heavy atom. The van der Waals surface area contributed by atoms with Gasteiger partial charge in [-0.3, -0.25) is 14.6 Å². The van der Waals surface area contributed by atoms with Gasteiger partial charge in [0.05, 0.1) is 12.0 Å². The van der Waals surface area contributed by atoms with Gasteiger partial charge in [-0.1, -0.05) is 85.0 Å². The van der Waals surface area contributed by atoms with Crippen LogP contribution >= 0.6 is 12.4 Å². The molecule has 2 aromatic carbocycles. The fourth-order valence-corrected chi connectivity index (χ4v) is 4.23. The maximum atomic E-state index is 13.4. The number of ketones is 1. The van der Waals surface area contributed by atoms with Gasteiger partial charge in [-0.15, -0.1) is 12.4 Å². The molecular weight excluding hydrogens is 380 g/mol. The minimum atomic E-state index is -0.517. The van der Waals surface area contributed by atoms with Crippen LogP contribution in [-0.2, 0) is 16.8 Å². The lowest BCUT2D eigenvalue weighted by Gasteiger charge is -2.37. The molecule has 0 saturated carbocycles. The van der Waals surface area contributed by atoms with Gasteiger partial charge in [0, 0.05) is 32.7 Å². The van der Waals surface area contributed by atoms with Crippen LogP contribution in [0.4, 0.5) is 0 Å². The van der Waals surface area contributed by atoms with Crippen molar-refractivity contribution in [3.63, 3.8) is 0 Å². The van der Waals surface area contributed by atoms with E-state index in [0.29, 0.717) is 12.3 Å². The number of rotatable bonds is 6. The van der Waals surface area contributed by atoms with Crippen LogP contribution in [0.1, 0.15) is 17.5 Å². The maximum Gasteiger partial charge on any atom is 0.161 e. The molecule has 1 atom stereocenters. The maximum absolute atomic E-state index is 13.4. The zero-order valence-electron chi connectivity index (χ0n) is 16.7. The van der Waals surface area contributed by atoms with Gasteiger partial charge >= 0.3 is 0 Å². The first-order valence-corrected chi connectivity index (χ1v) is 10.2. The minimum Gasteiger partial charge on any atom is -0.297 e. The van der Waals surface area contributed by atoms with Crippen molar-refractivity contribution in [3.05, 3.63) is 96.1 Å². The molecule has 0 N–H and O–H groups in total. The topological polar surface area (TPSA) is 23.6 Å². The van der Waals surface area contributed by atoms with Crippen molar-refractivity contribution in [1.29, 1.82) is 0 Å². The largest absolute Gasteiger partial charge is 0.297 e. The second-order valence-corrected chi connectivity index (χ2v) is 7.79. The number of hydrogen-bond donors (Lipinski definition) is 0. The van der Waals surface area contributed by atoms with Crippen LogP contribution in [0.2, 0.25) is 0 Å². The van der Waals surface area contributed by atoms with E-state index < -0.39 is 5.41 Å². The van der Waals surface area contributed by atoms with Crippen molar-refractivity contribution in [2.75, 3.05) is 32.7 Å². The van der Waals surface area contributed by atoms with Gasteiger partial charge in [-0.25, -0.2) is 0 Å². The normalized spacial score (nSPS) is 22.2. The Morgan fingerprint density at radius 1 is 0.828 bits per heavy atom. The predicted molar refractivity (Wildman–Crippen MR) is 121 cm³/mol. The molecule has 0 amide bonds. The first-order chi connectivity index (χ1) is 13.8. The summed E-state index contributed by atoms with van der Waals surface area (Å²) < 4.78 is 0. The highest BCUT2D eigenvalue weighted by Gasteiger charge is 2.38. The molecule has 4 rings (SSSR count). The number of piperazine rings is 1. The number of allylic oxidation sites excluding steroid dienone is 4. The van der Waals surface area contributed by atoms with Crippen molar-refractivity contribution in [2.24, 2.45) is 0 Å². The van der Waals surface area contributed by atoms with E-state index in [4.69, 9.17) is 0 Å². The van der Waals surface area contributed by atoms with Gasteiger partial charge in [0.15, 0.2) is 5.78 Å². The summed E-state index contributed by atoms with van der Waals surface area (Å²) in [6.45, 7) is 5.43. The lowest BCUT2D eigenvalue weighted by molar-refractivity contribution is -0.124. The Morgan fingerprint density at radius 2 is 1.45 bits per heavy atom. The lowest BCUT2D eigenvalue weighted by atomic mass is 9.72. The molecule has 1 fully saturated rings. The number of benzene rings is 2. The van der Waals surface area contributed by atoms with E-state index >= 15 is 0 Å². The van der Waals surface area contributed by atoms with Gasteiger partial charge in [0.2, 0.25) is 0 Å². The van der Waals surface area contributed by atoms with E-state index in [0.717, 1.165) is 44.7 Å². The third kappa shape index (κ3) is 5.05. The summed E-state index contributed by atoms with van der Waals surface area (Å²) in [6.07, 6.45) is 9.02. The average molecular weight is 409 g/mol. The van der Waals surface area contributed by atoms with E-state index in [9.17, 15) is 4.79 Å². The van der Waals surface area contributed by atoms with Crippen LogP contribution in [0.15, 0.2) is 85.0 Å². The van der Waals surface area contributed by atoms with Crippen molar-refractivity contribution >= 4 is 18.2 Å². The first kappa shape index (κ1) is 21.5. The van der Waals surface area contributed by atoms with Crippen LogP contribution < -0.4 is 0 Å². The van der Waals surface area contributed by atoms with E-state index in [-0.39, 0.29) is 12.4 Å². The fraction of sp³-hybridized carbons (Fsp3) is 0.320. The summed E-state index contributed by atoms with van der Waals surface area (Å²) in [6, 6.07) is 20.8. The zero-order chi connectivity index (χ0) is 19.2. The van der Waals surface area contributed by atoms with Gasteiger partial charge < -0.3 is 0 Å². The van der Waals surface area contributed by atoms with Gasteiger partial charge in [-0.2, -0.15) is 0 Å². The van der Waals surface area contributed by atoms with Crippen LogP contribution in [0.3, 0.4) is 0 Å². The van der Waals surface area contributed by atoms with Crippen molar-refractivity contribution in [3.8, 4) is 0 Å². The second kappa shape index (κ2) is 10.0. The smallest absolute Gasteiger partial charge is 0.161 e. The Labute approximate surface area is 180 Å². The van der Waals surface area contributed by atoms with Crippen molar-refractivity contribution < 1.29 is 4.79 Å². The standard InChI is InChI=1S/C25H28N2O.ClH/c28-24(25(14-8-3-9-15-25)23-12-6-2-7-13-23)21-27-18-16-26(17-19-27)20-22-10-4-1-5-11-22;/h1-14H,15-21H2;1H. The monoisotopic (exact) mass is 408 g/mol. The van der Waals surface area contributed by atoms with Gasteiger partial charge in [-0.05, 0) is 17.5 Å². The molecule has 1 heterocycles. The Balaban J connectivity index is 0.00000240. The highest BCUT2D eigenvalue weighted by Crippen LogP contribution is 2.34. The summed E-state index contributed by atoms with van der Waals surface area (Å²) in [5.41, 5.74) is 1.94. The van der Waals surface area contributed by atoms with Crippen LogP contribution in [0.5, 0.6) is 0 Å². The molecule has 4 heteroatoms. The predicted octanol–water partition coefficient (Wildman–Crippen LogP) is 4.25. The zero-order valence-corrected chi connectivity index (χ0v) is 17.6. The molecule has 0 radical (unpaired) electrons. The molecule has 1 saturated heterocycles.